The topological polar surface area (TPSA) is 127 Å². The average Bonchev–Trinajstić information content (AvgIpc) is 2.37. The molecule has 0 saturated carbocycles. The van der Waals surface area contributed by atoms with Crippen molar-refractivity contribution in [2.24, 2.45) is 0 Å². The Bertz CT molecular complexity index is 661. The number of sulfonamides is 1. The number of hydrogen-bond donors (Lipinski definition) is 2. The van der Waals surface area contributed by atoms with Crippen molar-refractivity contribution in [3.05, 3.63) is 33.3 Å². The van der Waals surface area contributed by atoms with Crippen LogP contribution in [0.25, 0.3) is 0 Å². The predicted octanol–water partition coefficient (Wildman–Crippen LogP) is 1.78. The van der Waals surface area contributed by atoms with E-state index in [1.807, 2.05) is 4.72 Å². The summed E-state index contributed by atoms with van der Waals surface area (Å²) in [6, 6.07) is 1.56. The monoisotopic (exact) mass is 336 g/mol. The number of rotatable bonds is 7. The maximum absolute atomic E-state index is 12.1. The fourth-order valence-electron chi connectivity index (χ4n) is 1.59. The van der Waals surface area contributed by atoms with Crippen molar-refractivity contribution in [3.8, 4) is 0 Å². The minimum atomic E-state index is -4.19. The number of carbonyl (C=O) groups is 1. The number of aliphatic carboxylic acids is 1. The molecule has 1 aromatic rings. The van der Waals surface area contributed by atoms with E-state index >= 15 is 0 Å². The van der Waals surface area contributed by atoms with Gasteiger partial charge in [0.25, 0.3) is 5.69 Å². The van der Waals surface area contributed by atoms with Gasteiger partial charge in [0.1, 0.15) is 10.9 Å². The molecule has 10 heteroatoms. The molecule has 21 heavy (non-hydrogen) atoms. The molecule has 2 N–H and O–H groups in total. The van der Waals surface area contributed by atoms with Gasteiger partial charge in [-0.25, -0.2) is 8.42 Å². The van der Waals surface area contributed by atoms with Gasteiger partial charge in [-0.15, -0.1) is 0 Å². The third-order valence-corrected chi connectivity index (χ3v) is 4.54. The summed E-state index contributed by atoms with van der Waals surface area (Å²) in [7, 11) is -4.19. The zero-order chi connectivity index (χ0) is 16.2. The van der Waals surface area contributed by atoms with Crippen LogP contribution in [0.15, 0.2) is 23.1 Å². The largest absolute Gasteiger partial charge is 0.480 e. The highest BCUT2D eigenvalue weighted by Crippen LogP contribution is 2.26. The molecule has 0 saturated heterocycles. The number of nitrogens with one attached hydrogen (secondary N) is 1. The van der Waals surface area contributed by atoms with E-state index in [2.05, 4.69) is 0 Å². The van der Waals surface area contributed by atoms with Gasteiger partial charge in [-0.3, -0.25) is 14.9 Å². The smallest absolute Gasteiger partial charge is 0.321 e. The summed E-state index contributed by atoms with van der Waals surface area (Å²) in [4.78, 5) is 20.4. The lowest BCUT2D eigenvalue weighted by atomic mass is 10.2. The Morgan fingerprint density at radius 1 is 1.52 bits per heavy atom. The number of nitro groups is 1. The van der Waals surface area contributed by atoms with Crippen LogP contribution >= 0.6 is 11.6 Å². The van der Waals surface area contributed by atoms with E-state index in [9.17, 15) is 23.3 Å². The zero-order valence-electron chi connectivity index (χ0n) is 10.9. The maximum Gasteiger partial charge on any atom is 0.321 e. The van der Waals surface area contributed by atoms with E-state index < -0.39 is 31.9 Å². The SMILES string of the molecule is CCCC(NS(=O)(=O)c1ccc([N+](=O)[O-])cc1Cl)C(=O)O. The Morgan fingerprint density at radius 3 is 2.57 bits per heavy atom. The number of carboxylic acids is 1. The van der Waals surface area contributed by atoms with Crippen LogP contribution in [0.3, 0.4) is 0 Å². The van der Waals surface area contributed by atoms with Crippen molar-refractivity contribution in [2.75, 3.05) is 0 Å². The van der Waals surface area contributed by atoms with Gasteiger partial charge in [-0.05, 0) is 12.5 Å². The summed E-state index contributed by atoms with van der Waals surface area (Å²) < 4.78 is 26.2. The Morgan fingerprint density at radius 2 is 2.14 bits per heavy atom. The second-order valence-corrected chi connectivity index (χ2v) is 6.26. The number of nitro benzene ring substituents is 1. The number of halogens is 1. The molecule has 116 valence electrons. The van der Waals surface area contributed by atoms with Crippen molar-refractivity contribution in [1.29, 1.82) is 0 Å². The van der Waals surface area contributed by atoms with Gasteiger partial charge in [0.05, 0.1) is 9.95 Å². The summed E-state index contributed by atoms with van der Waals surface area (Å²) >= 11 is 5.73. The summed E-state index contributed by atoms with van der Waals surface area (Å²) in [5.41, 5.74) is -0.359. The fourth-order valence-corrected chi connectivity index (χ4v) is 3.36. The first-order valence-electron chi connectivity index (χ1n) is 5.88. The van der Waals surface area contributed by atoms with E-state index in [1.54, 1.807) is 6.92 Å². The lowest BCUT2D eigenvalue weighted by Gasteiger charge is -2.14. The molecule has 0 amide bonds. The Hall–Kier alpha value is -1.71. The number of benzene rings is 1. The number of hydrogen-bond acceptors (Lipinski definition) is 5. The molecule has 0 fully saturated rings. The van der Waals surface area contributed by atoms with Crippen LogP contribution in [0, 0.1) is 10.1 Å². The quantitative estimate of drug-likeness (QED) is 0.577. The first kappa shape index (κ1) is 17.3. The Balaban J connectivity index is 3.13. The summed E-state index contributed by atoms with van der Waals surface area (Å²) in [5, 5.41) is 19.2. The summed E-state index contributed by atoms with van der Waals surface area (Å²) in [6.45, 7) is 1.71. The van der Waals surface area contributed by atoms with Crippen molar-refractivity contribution < 1.29 is 23.2 Å². The normalized spacial score (nSPS) is 12.9. The van der Waals surface area contributed by atoms with Crippen LogP contribution in [0.1, 0.15) is 19.8 Å². The van der Waals surface area contributed by atoms with Gasteiger partial charge in [-0.2, -0.15) is 4.72 Å². The van der Waals surface area contributed by atoms with Crippen LogP contribution in [-0.2, 0) is 14.8 Å². The van der Waals surface area contributed by atoms with Crippen LogP contribution in [0.5, 0.6) is 0 Å². The standard InChI is InChI=1S/C11H13ClN2O6S/c1-2-3-9(11(15)16)13-21(19,20)10-5-4-7(14(17)18)6-8(10)12/h4-6,9,13H,2-3H2,1H3,(H,15,16). The van der Waals surface area contributed by atoms with Gasteiger partial charge < -0.3 is 5.11 Å². The third kappa shape index (κ3) is 4.38. The molecule has 8 nitrogen and oxygen atoms in total. The van der Waals surface area contributed by atoms with E-state index in [0.29, 0.717) is 6.42 Å². The Labute approximate surface area is 125 Å². The van der Waals surface area contributed by atoms with Crippen LogP contribution in [0.2, 0.25) is 5.02 Å². The highest BCUT2D eigenvalue weighted by Gasteiger charge is 2.27. The Kier molecular flexibility index (Phi) is 5.64. The molecule has 0 aromatic heterocycles. The first-order chi connectivity index (χ1) is 9.69. The zero-order valence-corrected chi connectivity index (χ0v) is 12.5. The molecule has 0 radical (unpaired) electrons. The lowest BCUT2D eigenvalue weighted by molar-refractivity contribution is -0.384. The lowest BCUT2D eigenvalue weighted by Crippen LogP contribution is -2.40. The number of nitrogens with zero attached hydrogens (tertiary/aromatic N) is 1. The van der Waals surface area contributed by atoms with Crippen molar-refractivity contribution in [2.45, 2.75) is 30.7 Å². The highest BCUT2D eigenvalue weighted by molar-refractivity contribution is 7.89. The van der Waals surface area contributed by atoms with Gasteiger partial charge in [0.2, 0.25) is 10.0 Å². The molecular weight excluding hydrogens is 324 g/mol. The first-order valence-corrected chi connectivity index (χ1v) is 7.74. The molecule has 1 rings (SSSR count). The molecule has 0 heterocycles. The predicted molar refractivity (Wildman–Crippen MR) is 74.8 cm³/mol. The van der Waals surface area contributed by atoms with Gasteiger partial charge in [0.15, 0.2) is 0 Å². The van der Waals surface area contributed by atoms with Crippen LogP contribution in [-0.4, -0.2) is 30.5 Å². The maximum atomic E-state index is 12.1. The molecule has 1 unspecified atom stereocenters. The number of carboxylic acid groups (broad SMARTS) is 1. The van der Waals surface area contributed by atoms with E-state index in [0.717, 1.165) is 18.2 Å². The van der Waals surface area contributed by atoms with Crippen molar-refractivity contribution in [1.82, 2.24) is 4.72 Å². The molecule has 0 aliphatic heterocycles. The molecule has 0 aliphatic rings. The van der Waals surface area contributed by atoms with E-state index in [-0.39, 0.29) is 17.1 Å². The third-order valence-electron chi connectivity index (χ3n) is 2.59. The molecule has 0 spiro atoms. The van der Waals surface area contributed by atoms with Gasteiger partial charge in [0, 0.05) is 12.1 Å². The van der Waals surface area contributed by atoms with Crippen LogP contribution < -0.4 is 4.72 Å². The second-order valence-electron chi connectivity index (χ2n) is 4.17. The van der Waals surface area contributed by atoms with E-state index in [1.165, 1.54) is 0 Å². The van der Waals surface area contributed by atoms with Crippen molar-refractivity contribution >= 4 is 33.3 Å². The van der Waals surface area contributed by atoms with Gasteiger partial charge >= 0.3 is 5.97 Å². The van der Waals surface area contributed by atoms with Crippen molar-refractivity contribution in [3.63, 3.8) is 0 Å². The molecule has 1 aromatic carbocycles. The van der Waals surface area contributed by atoms with E-state index in [4.69, 9.17) is 16.7 Å². The highest BCUT2D eigenvalue weighted by atomic mass is 35.5. The molecule has 0 aliphatic carbocycles. The fraction of sp³-hybridized carbons (Fsp3) is 0.364. The minimum Gasteiger partial charge on any atom is -0.480 e. The molecule has 1 atom stereocenters. The van der Waals surface area contributed by atoms with Crippen LogP contribution in [0.4, 0.5) is 5.69 Å². The summed E-state index contributed by atoms with van der Waals surface area (Å²) in [5.74, 6) is -1.31. The summed E-state index contributed by atoms with van der Waals surface area (Å²) in [6.07, 6.45) is 0.576. The second kappa shape index (κ2) is 6.83. The average molecular weight is 337 g/mol. The molecule has 0 bridgehead atoms. The van der Waals surface area contributed by atoms with Gasteiger partial charge in [-0.1, -0.05) is 24.9 Å². The number of non-ortho nitro benzene ring substituents is 1. The molecular formula is C11H13ClN2O6S. The minimum absolute atomic E-state index is 0.110.